The molecule has 80 valence electrons. The van der Waals surface area contributed by atoms with Gasteiger partial charge in [-0.2, -0.15) is 0 Å². The fraction of sp³-hybridized carbons (Fsp3) is 0.727. The third-order valence-electron chi connectivity index (χ3n) is 2.54. The van der Waals surface area contributed by atoms with Crippen molar-refractivity contribution in [3.05, 3.63) is 17.2 Å². The van der Waals surface area contributed by atoms with Gasteiger partial charge in [-0.1, -0.05) is 12.8 Å². The van der Waals surface area contributed by atoms with Crippen LogP contribution >= 0.6 is 0 Å². The fourth-order valence-corrected chi connectivity index (χ4v) is 1.53. The average Bonchev–Trinajstić information content (AvgIpc) is 2.46. The van der Waals surface area contributed by atoms with Crippen LogP contribution in [0.2, 0.25) is 0 Å². The molecular weight excluding hydrogens is 174 g/mol. The van der Waals surface area contributed by atoms with Crippen LogP contribution in [0.3, 0.4) is 0 Å². The summed E-state index contributed by atoms with van der Waals surface area (Å²) in [6.07, 6.45) is 5.94. The number of nitrogens with two attached hydrogens (primary N) is 1. The molecule has 3 heteroatoms. The minimum atomic E-state index is 0.818. The molecular formula is C11H21N3. The van der Waals surface area contributed by atoms with Crippen LogP contribution in [0.4, 0.5) is 0 Å². The summed E-state index contributed by atoms with van der Waals surface area (Å²) >= 11 is 0. The summed E-state index contributed by atoms with van der Waals surface area (Å²) < 4.78 is 0. The third kappa shape index (κ3) is 3.50. The monoisotopic (exact) mass is 195 g/mol. The van der Waals surface area contributed by atoms with Crippen molar-refractivity contribution < 1.29 is 0 Å². The minimum absolute atomic E-state index is 0.818. The number of rotatable bonds is 6. The van der Waals surface area contributed by atoms with E-state index < -0.39 is 0 Å². The van der Waals surface area contributed by atoms with Gasteiger partial charge in [-0.05, 0) is 33.2 Å². The number of hydrogen-bond donors (Lipinski definition) is 2. The number of unbranched alkanes of at least 4 members (excludes halogenated alkanes) is 3. The summed E-state index contributed by atoms with van der Waals surface area (Å²) in [6.45, 7) is 4.93. The van der Waals surface area contributed by atoms with Gasteiger partial charge in [-0.15, -0.1) is 0 Å². The standard InChI is InChI=1S/C11H21N3/c1-9-10(2)14-11(13-9)7-5-3-4-6-8-12/h3-8,12H2,1-2H3,(H,13,14). The number of nitrogens with zero attached hydrogens (tertiary/aromatic N) is 1. The summed E-state index contributed by atoms with van der Waals surface area (Å²) in [5, 5.41) is 0. The highest BCUT2D eigenvalue weighted by molar-refractivity contribution is 5.10. The van der Waals surface area contributed by atoms with Crippen LogP contribution in [0.5, 0.6) is 0 Å². The molecule has 0 spiro atoms. The molecule has 0 aliphatic heterocycles. The second kappa shape index (κ2) is 5.81. The van der Waals surface area contributed by atoms with Crippen molar-refractivity contribution in [3.8, 4) is 0 Å². The highest BCUT2D eigenvalue weighted by atomic mass is 14.9. The molecule has 0 aliphatic carbocycles. The first kappa shape index (κ1) is 11.2. The molecule has 1 heterocycles. The molecule has 0 unspecified atom stereocenters. The molecule has 0 aliphatic rings. The van der Waals surface area contributed by atoms with Crippen molar-refractivity contribution in [2.24, 2.45) is 5.73 Å². The Morgan fingerprint density at radius 2 is 1.86 bits per heavy atom. The Bertz CT molecular complexity index is 246. The van der Waals surface area contributed by atoms with E-state index in [2.05, 4.69) is 16.9 Å². The van der Waals surface area contributed by atoms with Crippen LogP contribution in [0, 0.1) is 13.8 Å². The molecule has 0 saturated heterocycles. The molecule has 1 aromatic rings. The second-order valence-electron chi connectivity index (χ2n) is 3.85. The maximum absolute atomic E-state index is 5.43. The zero-order valence-electron chi connectivity index (χ0n) is 9.27. The summed E-state index contributed by atoms with van der Waals surface area (Å²) in [5.41, 5.74) is 7.75. The second-order valence-corrected chi connectivity index (χ2v) is 3.85. The smallest absolute Gasteiger partial charge is 0.106 e. The number of H-pyrrole nitrogens is 1. The van der Waals surface area contributed by atoms with E-state index >= 15 is 0 Å². The molecule has 0 radical (unpaired) electrons. The number of hydrogen-bond acceptors (Lipinski definition) is 2. The first-order valence-corrected chi connectivity index (χ1v) is 5.46. The van der Waals surface area contributed by atoms with Gasteiger partial charge in [0.1, 0.15) is 5.82 Å². The van der Waals surface area contributed by atoms with Crippen LogP contribution in [0.25, 0.3) is 0 Å². The van der Waals surface area contributed by atoms with Gasteiger partial charge in [0.05, 0.1) is 5.69 Å². The van der Waals surface area contributed by atoms with E-state index in [0.717, 1.165) is 30.9 Å². The summed E-state index contributed by atoms with van der Waals surface area (Å²) in [7, 11) is 0. The van der Waals surface area contributed by atoms with Gasteiger partial charge >= 0.3 is 0 Å². The molecule has 0 bridgehead atoms. The van der Waals surface area contributed by atoms with Crippen LogP contribution in [0.15, 0.2) is 0 Å². The maximum Gasteiger partial charge on any atom is 0.106 e. The Hall–Kier alpha value is -0.830. The zero-order chi connectivity index (χ0) is 10.4. The molecule has 14 heavy (non-hydrogen) atoms. The van der Waals surface area contributed by atoms with E-state index in [1.54, 1.807) is 0 Å². The quantitative estimate of drug-likeness (QED) is 0.683. The van der Waals surface area contributed by atoms with Gasteiger partial charge in [0.15, 0.2) is 0 Å². The molecule has 0 fully saturated rings. The van der Waals surface area contributed by atoms with Crippen molar-refractivity contribution in [3.63, 3.8) is 0 Å². The lowest BCUT2D eigenvalue weighted by Gasteiger charge is -1.97. The number of aromatic amines is 1. The first-order valence-electron chi connectivity index (χ1n) is 5.46. The lowest BCUT2D eigenvalue weighted by atomic mass is 10.1. The summed E-state index contributed by atoms with van der Waals surface area (Å²) in [6, 6.07) is 0. The van der Waals surface area contributed by atoms with Gasteiger partial charge in [-0.25, -0.2) is 4.98 Å². The average molecular weight is 195 g/mol. The van der Waals surface area contributed by atoms with E-state index in [0.29, 0.717) is 0 Å². The lowest BCUT2D eigenvalue weighted by molar-refractivity contribution is 0.637. The summed E-state index contributed by atoms with van der Waals surface area (Å²) in [4.78, 5) is 7.75. The number of aryl methyl sites for hydroxylation is 3. The van der Waals surface area contributed by atoms with E-state index in [4.69, 9.17) is 5.73 Å². The predicted octanol–water partition coefficient (Wildman–Crippen LogP) is 2.09. The SMILES string of the molecule is Cc1nc(CCCCCCN)[nH]c1C. The normalized spacial score (nSPS) is 10.8. The molecule has 3 N–H and O–H groups in total. The van der Waals surface area contributed by atoms with Gasteiger partial charge in [0.2, 0.25) is 0 Å². The van der Waals surface area contributed by atoms with Crippen LogP contribution in [0.1, 0.15) is 42.9 Å². The van der Waals surface area contributed by atoms with E-state index in [-0.39, 0.29) is 0 Å². The predicted molar refractivity (Wildman–Crippen MR) is 59.3 cm³/mol. The summed E-state index contributed by atoms with van der Waals surface area (Å²) in [5.74, 6) is 1.13. The van der Waals surface area contributed by atoms with Crippen molar-refractivity contribution >= 4 is 0 Å². The molecule has 0 saturated carbocycles. The number of imidazole rings is 1. The molecule has 1 aromatic heterocycles. The molecule has 3 nitrogen and oxygen atoms in total. The van der Waals surface area contributed by atoms with Gasteiger partial charge < -0.3 is 10.7 Å². The van der Waals surface area contributed by atoms with E-state index in [1.165, 1.54) is 25.0 Å². The molecule has 0 amide bonds. The minimum Gasteiger partial charge on any atom is -0.346 e. The highest BCUT2D eigenvalue weighted by Crippen LogP contribution is 2.07. The van der Waals surface area contributed by atoms with Gasteiger partial charge in [0.25, 0.3) is 0 Å². The maximum atomic E-state index is 5.43. The van der Waals surface area contributed by atoms with Crippen LogP contribution < -0.4 is 5.73 Å². The number of aromatic nitrogens is 2. The van der Waals surface area contributed by atoms with Crippen molar-refractivity contribution in [1.82, 2.24) is 9.97 Å². The van der Waals surface area contributed by atoms with Crippen molar-refractivity contribution in [1.29, 1.82) is 0 Å². The molecule has 0 aromatic carbocycles. The van der Waals surface area contributed by atoms with Crippen LogP contribution in [-0.2, 0) is 6.42 Å². The Kier molecular flexibility index (Phi) is 4.66. The van der Waals surface area contributed by atoms with Gasteiger partial charge in [-0.3, -0.25) is 0 Å². The van der Waals surface area contributed by atoms with Crippen molar-refractivity contribution in [2.45, 2.75) is 46.0 Å². The lowest BCUT2D eigenvalue weighted by Crippen LogP contribution is -1.98. The first-order chi connectivity index (χ1) is 6.74. The Morgan fingerprint density at radius 1 is 1.14 bits per heavy atom. The fourth-order valence-electron chi connectivity index (χ4n) is 1.53. The van der Waals surface area contributed by atoms with Crippen molar-refractivity contribution in [2.75, 3.05) is 6.54 Å². The molecule has 1 rings (SSSR count). The van der Waals surface area contributed by atoms with Gasteiger partial charge in [0, 0.05) is 12.1 Å². The number of nitrogens with one attached hydrogen (secondary N) is 1. The molecule has 0 atom stereocenters. The Balaban J connectivity index is 2.18. The third-order valence-corrected chi connectivity index (χ3v) is 2.54. The van der Waals surface area contributed by atoms with E-state index in [1.807, 2.05) is 6.92 Å². The highest BCUT2D eigenvalue weighted by Gasteiger charge is 2.01. The topological polar surface area (TPSA) is 54.7 Å². The van der Waals surface area contributed by atoms with Crippen LogP contribution in [-0.4, -0.2) is 16.5 Å². The zero-order valence-corrected chi connectivity index (χ0v) is 9.27. The largest absolute Gasteiger partial charge is 0.346 e. The Morgan fingerprint density at radius 3 is 2.43 bits per heavy atom. The van der Waals surface area contributed by atoms with E-state index in [9.17, 15) is 0 Å². The Labute approximate surface area is 86.1 Å².